The van der Waals surface area contributed by atoms with Crippen LogP contribution in [-0.2, 0) is 24.4 Å². The van der Waals surface area contributed by atoms with E-state index in [-0.39, 0.29) is 36.1 Å². The average Bonchev–Trinajstić information content (AvgIpc) is 3.71. The predicted molar refractivity (Wildman–Crippen MR) is 151 cm³/mol. The Morgan fingerprint density at radius 1 is 1.02 bits per heavy atom. The Balaban J connectivity index is 1.16. The molecule has 2 aliphatic rings. The largest absolute Gasteiger partial charge is 0.484 e. The van der Waals surface area contributed by atoms with Crippen LogP contribution in [0.2, 0.25) is 0 Å². The highest BCUT2D eigenvalue weighted by molar-refractivity contribution is 5.91. The summed E-state index contributed by atoms with van der Waals surface area (Å²) in [5, 5.41) is 2.88. The molecule has 0 radical (unpaired) electrons. The van der Waals surface area contributed by atoms with E-state index in [1.807, 2.05) is 48.2 Å². The van der Waals surface area contributed by atoms with Crippen molar-refractivity contribution in [3.05, 3.63) is 118 Å². The molecule has 1 N–H and O–H groups in total. The van der Waals surface area contributed by atoms with Gasteiger partial charge in [0.1, 0.15) is 12.0 Å². The lowest BCUT2D eigenvalue weighted by Gasteiger charge is -2.38. The van der Waals surface area contributed by atoms with E-state index in [4.69, 9.17) is 9.15 Å². The van der Waals surface area contributed by atoms with E-state index in [0.29, 0.717) is 24.7 Å². The topological polar surface area (TPSA) is 84.7 Å². The molecule has 1 aromatic heterocycles. The quantitative estimate of drug-likeness (QED) is 0.314. The van der Waals surface area contributed by atoms with Crippen LogP contribution in [0.3, 0.4) is 0 Å². The van der Waals surface area contributed by atoms with Gasteiger partial charge in [-0.2, -0.15) is 0 Å². The van der Waals surface area contributed by atoms with Crippen LogP contribution in [0.4, 0.5) is 0 Å². The molecule has 1 saturated carbocycles. The summed E-state index contributed by atoms with van der Waals surface area (Å²) in [5.41, 5.74) is 6.97. The first-order valence-corrected chi connectivity index (χ1v) is 13.9. The Morgan fingerprint density at radius 3 is 2.60 bits per heavy atom. The number of nitrogens with one attached hydrogen (secondary N) is 1. The van der Waals surface area contributed by atoms with E-state index in [1.165, 1.54) is 17.4 Å². The van der Waals surface area contributed by atoms with Crippen LogP contribution in [0.25, 0.3) is 0 Å². The van der Waals surface area contributed by atoms with Crippen molar-refractivity contribution in [1.82, 2.24) is 15.2 Å². The Labute approximate surface area is 234 Å². The lowest BCUT2D eigenvalue weighted by atomic mass is 9.87. The normalized spacial score (nSPS) is 16.4. The van der Waals surface area contributed by atoms with Crippen molar-refractivity contribution in [2.24, 2.45) is 5.92 Å². The first-order chi connectivity index (χ1) is 19.4. The molecule has 1 fully saturated rings. The summed E-state index contributed by atoms with van der Waals surface area (Å²) in [5.74, 6) is 1.09. The van der Waals surface area contributed by atoms with Gasteiger partial charge in [0.25, 0.3) is 5.91 Å². The standard InChI is InChI=1S/C33H33N3O4/c1-21-5-3-7-23(15-21)18-34-32(37)29-19-40-30(35-29)20-39-27-12-11-24-13-14-36(33(38)25-9-10-25)31(28(24)17-27)26-8-4-6-22(2)16-26/h3-8,11-12,15-17,19,25,31H,9-10,13-14,18,20H2,1-2H3,(H,34,37). The number of carbonyl (C=O) groups is 2. The first kappa shape index (κ1) is 25.9. The molecular formula is C33H33N3O4. The van der Waals surface area contributed by atoms with Crippen molar-refractivity contribution in [2.75, 3.05) is 6.54 Å². The number of rotatable bonds is 8. The van der Waals surface area contributed by atoms with Crippen LogP contribution in [0.15, 0.2) is 77.4 Å². The molecule has 6 rings (SSSR count). The maximum absolute atomic E-state index is 13.3. The summed E-state index contributed by atoms with van der Waals surface area (Å²) in [6.45, 7) is 5.31. The SMILES string of the molecule is Cc1cccc(CNC(=O)c2coc(COc3ccc4c(c3)C(c3cccc(C)c3)N(C(=O)C3CC3)CC4)n2)c1. The molecule has 7 heteroatoms. The third-order valence-electron chi connectivity index (χ3n) is 7.60. The molecule has 1 atom stereocenters. The number of fused-ring (bicyclic) bond motifs is 1. The van der Waals surface area contributed by atoms with Crippen LogP contribution >= 0.6 is 0 Å². The Morgan fingerprint density at radius 2 is 1.82 bits per heavy atom. The van der Waals surface area contributed by atoms with Gasteiger partial charge in [-0.25, -0.2) is 4.98 Å². The minimum Gasteiger partial charge on any atom is -0.484 e. The number of hydrogen-bond donors (Lipinski definition) is 1. The van der Waals surface area contributed by atoms with Gasteiger partial charge in [0, 0.05) is 19.0 Å². The summed E-state index contributed by atoms with van der Waals surface area (Å²) < 4.78 is 11.6. The second-order valence-electron chi connectivity index (χ2n) is 10.8. The number of benzene rings is 3. The van der Waals surface area contributed by atoms with Gasteiger partial charge in [0.15, 0.2) is 12.3 Å². The highest BCUT2D eigenvalue weighted by atomic mass is 16.5. The number of amides is 2. The summed E-state index contributed by atoms with van der Waals surface area (Å²) >= 11 is 0. The van der Waals surface area contributed by atoms with Gasteiger partial charge in [-0.3, -0.25) is 9.59 Å². The Bertz CT molecular complexity index is 1550. The smallest absolute Gasteiger partial charge is 0.273 e. The molecule has 0 saturated heterocycles. The van der Waals surface area contributed by atoms with Gasteiger partial charge >= 0.3 is 0 Å². The van der Waals surface area contributed by atoms with Gasteiger partial charge in [0.05, 0.1) is 6.04 Å². The van der Waals surface area contributed by atoms with Crippen molar-refractivity contribution in [3.63, 3.8) is 0 Å². The molecule has 7 nitrogen and oxygen atoms in total. The third-order valence-corrected chi connectivity index (χ3v) is 7.60. The van der Waals surface area contributed by atoms with Crippen molar-refractivity contribution < 1.29 is 18.7 Å². The molecule has 4 aromatic rings. The van der Waals surface area contributed by atoms with Crippen molar-refractivity contribution in [1.29, 1.82) is 0 Å². The number of carbonyl (C=O) groups excluding carboxylic acids is 2. The van der Waals surface area contributed by atoms with Crippen LogP contribution in [0.5, 0.6) is 5.75 Å². The molecule has 0 spiro atoms. The molecular weight excluding hydrogens is 502 g/mol. The van der Waals surface area contributed by atoms with Crippen molar-refractivity contribution >= 4 is 11.8 Å². The second-order valence-corrected chi connectivity index (χ2v) is 10.8. The molecule has 0 bridgehead atoms. The maximum Gasteiger partial charge on any atom is 0.273 e. The van der Waals surface area contributed by atoms with Gasteiger partial charge in [-0.05, 0) is 67.5 Å². The minimum absolute atomic E-state index is 0.0871. The van der Waals surface area contributed by atoms with Gasteiger partial charge < -0.3 is 19.4 Å². The second kappa shape index (κ2) is 11.0. The van der Waals surface area contributed by atoms with Gasteiger partial charge in [-0.15, -0.1) is 0 Å². The van der Waals surface area contributed by atoms with E-state index in [1.54, 1.807) is 0 Å². The molecule has 1 unspecified atom stereocenters. The Hall–Kier alpha value is -4.39. The van der Waals surface area contributed by atoms with E-state index >= 15 is 0 Å². The van der Waals surface area contributed by atoms with E-state index < -0.39 is 0 Å². The zero-order chi connectivity index (χ0) is 27.6. The van der Waals surface area contributed by atoms with Crippen molar-refractivity contribution in [3.8, 4) is 5.75 Å². The van der Waals surface area contributed by atoms with Crippen LogP contribution in [0.1, 0.15) is 68.6 Å². The van der Waals surface area contributed by atoms with Crippen molar-refractivity contribution in [2.45, 2.75) is 52.3 Å². The van der Waals surface area contributed by atoms with Gasteiger partial charge in [0.2, 0.25) is 11.8 Å². The fourth-order valence-electron chi connectivity index (χ4n) is 5.41. The number of oxazole rings is 1. The highest BCUT2D eigenvalue weighted by Crippen LogP contribution is 2.41. The zero-order valence-corrected chi connectivity index (χ0v) is 22.9. The number of aromatic nitrogens is 1. The molecule has 40 heavy (non-hydrogen) atoms. The predicted octanol–water partition coefficient (Wildman–Crippen LogP) is 5.68. The number of ether oxygens (including phenoxy) is 1. The molecule has 2 amide bonds. The monoisotopic (exact) mass is 535 g/mol. The molecule has 2 heterocycles. The number of hydrogen-bond acceptors (Lipinski definition) is 5. The summed E-state index contributed by atoms with van der Waals surface area (Å²) in [7, 11) is 0. The average molecular weight is 536 g/mol. The van der Waals surface area contributed by atoms with E-state index in [2.05, 4.69) is 47.6 Å². The summed E-state index contributed by atoms with van der Waals surface area (Å²) in [6, 6.07) is 22.3. The highest BCUT2D eigenvalue weighted by Gasteiger charge is 2.39. The summed E-state index contributed by atoms with van der Waals surface area (Å²) in [4.78, 5) is 32.2. The lowest BCUT2D eigenvalue weighted by molar-refractivity contribution is -0.134. The van der Waals surface area contributed by atoms with E-state index in [0.717, 1.165) is 41.5 Å². The van der Waals surface area contributed by atoms with E-state index in [9.17, 15) is 9.59 Å². The first-order valence-electron chi connectivity index (χ1n) is 13.9. The fraction of sp³-hybridized carbons (Fsp3) is 0.303. The molecule has 204 valence electrons. The Kier molecular flexibility index (Phi) is 7.11. The summed E-state index contributed by atoms with van der Waals surface area (Å²) in [6.07, 6.45) is 4.13. The number of nitrogens with zero attached hydrogens (tertiary/aromatic N) is 2. The molecule has 3 aromatic carbocycles. The zero-order valence-electron chi connectivity index (χ0n) is 22.9. The van der Waals surface area contributed by atoms with Crippen LogP contribution in [0, 0.1) is 19.8 Å². The van der Waals surface area contributed by atoms with Crippen LogP contribution in [-0.4, -0.2) is 28.2 Å². The third kappa shape index (κ3) is 5.64. The fourth-order valence-corrected chi connectivity index (χ4v) is 5.41. The molecule has 1 aliphatic heterocycles. The maximum atomic E-state index is 13.3. The number of aryl methyl sites for hydroxylation is 2. The van der Waals surface area contributed by atoms with Gasteiger partial charge in [-0.1, -0.05) is 65.7 Å². The molecule has 1 aliphatic carbocycles. The lowest BCUT2D eigenvalue weighted by Crippen LogP contribution is -2.41. The minimum atomic E-state index is -0.299. The van der Waals surface area contributed by atoms with Crippen LogP contribution < -0.4 is 10.1 Å².